The van der Waals surface area contributed by atoms with Crippen LogP contribution in [0.5, 0.6) is 5.75 Å². The topological polar surface area (TPSA) is 102 Å². The van der Waals surface area contributed by atoms with E-state index in [1.54, 1.807) is 13.4 Å². The number of nitrogens with zero attached hydrogens (tertiary/aromatic N) is 3. The highest BCUT2D eigenvalue weighted by Gasteiger charge is 2.10. The highest BCUT2D eigenvalue weighted by molar-refractivity contribution is 5.86. The number of fused-ring (bicyclic) bond motifs is 1. The lowest BCUT2D eigenvalue weighted by Gasteiger charge is -2.11. The Labute approximate surface area is 115 Å². The number of imidazole rings is 1. The average Bonchev–Trinajstić information content (AvgIpc) is 2.89. The molecule has 0 spiro atoms. The summed E-state index contributed by atoms with van der Waals surface area (Å²) in [6.45, 7) is 1.99. The van der Waals surface area contributed by atoms with Gasteiger partial charge in [-0.2, -0.15) is 9.97 Å². The van der Waals surface area contributed by atoms with Crippen molar-refractivity contribution < 1.29 is 4.74 Å². The second-order valence-corrected chi connectivity index (χ2v) is 4.34. The van der Waals surface area contributed by atoms with Gasteiger partial charge in [-0.25, -0.2) is 4.98 Å². The number of nitrogens with one attached hydrogen (secondary N) is 2. The molecule has 7 nitrogen and oxygen atoms in total. The fourth-order valence-corrected chi connectivity index (χ4v) is 1.97. The van der Waals surface area contributed by atoms with E-state index < -0.39 is 0 Å². The Morgan fingerprint density at radius 2 is 2.15 bits per heavy atom. The molecular weight excluding hydrogens is 256 g/mol. The second-order valence-electron chi connectivity index (χ2n) is 4.34. The number of hydrogen-bond donors (Lipinski definition) is 3. The number of nitrogen functional groups attached to an aromatic ring is 1. The van der Waals surface area contributed by atoms with Gasteiger partial charge in [-0.05, 0) is 30.7 Å². The molecule has 0 aliphatic heterocycles. The number of hydrogen-bond acceptors (Lipinski definition) is 6. The Kier molecular flexibility index (Phi) is 2.86. The van der Waals surface area contributed by atoms with Gasteiger partial charge in [0.1, 0.15) is 11.3 Å². The van der Waals surface area contributed by atoms with Crippen LogP contribution in [0.15, 0.2) is 24.5 Å². The van der Waals surface area contributed by atoms with Gasteiger partial charge in [0.25, 0.3) is 0 Å². The van der Waals surface area contributed by atoms with E-state index in [2.05, 4.69) is 25.3 Å². The Hall–Kier alpha value is -2.83. The van der Waals surface area contributed by atoms with Crippen LogP contribution in [0.3, 0.4) is 0 Å². The third kappa shape index (κ3) is 2.09. The predicted molar refractivity (Wildman–Crippen MR) is 77.1 cm³/mol. The zero-order valence-corrected chi connectivity index (χ0v) is 11.1. The lowest BCUT2D eigenvalue weighted by molar-refractivity contribution is 0.414. The molecule has 2 aromatic heterocycles. The van der Waals surface area contributed by atoms with Gasteiger partial charge in [-0.3, -0.25) is 0 Å². The van der Waals surface area contributed by atoms with Crippen molar-refractivity contribution >= 4 is 28.6 Å². The molecule has 3 rings (SSSR count). The van der Waals surface area contributed by atoms with Crippen molar-refractivity contribution in [1.29, 1.82) is 0 Å². The maximum atomic E-state index is 5.69. The van der Waals surface area contributed by atoms with Crippen molar-refractivity contribution in [2.75, 3.05) is 18.2 Å². The average molecular weight is 270 g/mol. The molecule has 0 aliphatic carbocycles. The van der Waals surface area contributed by atoms with Crippen LogP contribution in [0, 0.1) is 6.92 Å². The van der Waals surface area contributed by atoms with Gasteiger partial charge in [0, 0.05) is 5.69 Å². The number of aromatic amines is 1. The van der Waals surface area contributed by atoms with Gasteiger partial charge in [0.2, 0.25) is 5.95 Å². The summed E-state index contributed by atoms with van der Waals surface area (Å²) in [6, 6.07) is 5.75. The van der Waals surface area contributed by atoms with Gasteiger partial charge >= 0.3 is 0 Å². The second kappa shape index (κ2) is 4.69. The van der Waals surface area contributed by atoms with E-state index in [1.165, 1.54) is 0 Å². The molecule has 0 unspecified atom stereocenters. The van der Waals surface area contributed by atoms with E-state index in [0.29, 0.717) is 11.5 Å². The molecule has 0 atom stereocenters. The van der Waals surface area contributed by atoms with Gasteiger partial charge in [-0.15, -0.1) is 0 Å². The van der Waals surface area contributed by atoms with Crippen LogP contribution in [0.25, 0.3) is 11.2 Å². The number of ether oxygens (including phenoxy) is 1. The molecule has 0 saturated carbocycles. The largest absolute Gasteiger partial charge is 0.497 e. The minimum absolute atomic E-state index is 0.179. The first-order valence-corrected chi connectivity index (χ1v) is 6.05. The van der Waals surface area contributed by atoms with E-state index in [9.17, 15) is 0 Å². The number of rotatable bonds is 3. The van der Waals surface area contributed by atoms with Gasteiger partial charge in [0.15, 0.2) is 11.5 Å². The molecule has 0 saturated heterocycles. The molecule has 102 valence electrons. The molecular formula is C13H14N6O. The SMILES string of the molecule is COc1ccc(Nc2nc(N)nc3nc[nH]c23)c(C)c1. The van der Waals surface area contributed by atoms with Crippen LogP contribution >= 0.6 is 0 Å². The molecule has 1 aromatic carbocycles. The van der Waals surface area contributed by atoms with Gasteiger partial charge in [0.05, 0.1) is 13.4 Å². The predicted octanol–water partition coefficient (Wildman–Crippen LogP) is 2.00. The van der Waals surface area contributed by atoms with E-state index in [-0.39, 0.29) is 5.95 Å². The number of aromatic nitrogens is 4. The number of nitrogens with two attached hydrogens (primary N) is 1. The van der Waals surface area contributed by atoms with Crippen LogP contribution in [-0.4, -0.2) is 27.0 Å². The van der Waals surface area contributed by atoms with E-state index in [1.807, 2.05) is 25.1 Å². The molecule has 7 heteroatoms. The minimum atomic E-state index is 0.179. The Morgan fingerprint density at radius 1 is 1.30 bits per heavy atom. The summed E-state index contributed by atoms with van der Waals surface area (Å²) in [7, 11) is 1.64. The first-order valence-electron chi connectivity index (χ1n) is 6.05. The highest BCUT2D eigenvalue weighted by atomic mass is 16.5. The summed E-state index contributed by atoms with van der Waals surface area (Å²) in [5.41, 5.74) is 8.89. The Bertz CT molecular complexity index is 767. The van der Waals surface area contributed by atoms with E-state index in [0.717, 1.165) is 22.5 Å². The maximum Gasteiger partial charge on any atom is 0.224 e. The fourth-order valence-electron chi connectivity index (χ4n) is 1.97. The smallest absolute Gasteiger partial charge is 0.224 e. The third-order valence-corrected chi connectivity index (χ3v) is 2.99. The summed E-state index contributed by atoms with van der Waals surface area (Å²) < 4.78 is 5.19. The molecule has 0 amide bonds. The van der Waals surface area contributed by atoms with Crippen LogP contribution in [0.4, 0.5) is 17.5 Å². The minimum Gasteiger partial charge on any atom is -0.497 e. The molecule has 3 aromatic rings. The molecule has 0 aliphatic rings. The van der Waals surface area contributed by atoms with Crippen molar-refractivity contribution in [2.45, 2.75) is 6.92 Å². The van der Waals surface area contributed by atoms with Crippen molar-refractivity contribution in [3.05, 3.63) is 30.1 Å². The first-order chi connectivity index (χ1) is 9.67. The monoisotopic (exact) mass is 270 g/mol. The number of benzene rings is 1. The molecule has 0 bridgehead atoms. The molecule has 20 heavy (non-hydrogen) atoms. The molecule has 0 radical (unpaired) electrons. The standard InChI is InChI=1S/C13H14N6O/c1-7-5-8(20-2)3-4-9(7)17-12-10-11(16-6-15-10)18-13(14)19-12/h3-6H,1-2H3,(H4,14,15,16,17,18,19). The number of methoxy groups -OCH3 is 1. The third-order valence-electron chi connectivity index (χ3n) is 2.99. The van der Waals surface area contributed by atoms with Crippen LogP contribution < -0.4 is 15.8 Å². The van der Waals surface area contributed by atoms with Crippen molar-refractivity contribution in [2.24, 2.45) is 0 Å². The summed E-state index contributed by atoms with van der Waals surface area (Å²) in [4.78, 5) is 15.3. The van der Waals surface area contributed by atoms with Crippen molar-refractivity contribution in [3.8, 4) is 5.75 Å². The summed E-state index contributed by atoms with van der Waals surface area (Å²) in [5.74, 6) is 1.58. The first kappa shape index (κ1) is 12.2. The highest BCUT2D eigenvalue weighted by Crippen LogP contribution is 2.26. The zero-order valence-electron chi connectivity index (χ0n) is 11.1. The lowest BCUT2D eigenvalue weighted by atomic mass is 10.2. The number of aryl methyl sites for hydroxylation is 1. The maximum absolute atomic E-state index is 5.69. The summed E-state index contributed by atoms with van der Waals surface area (Å²) in [5, 5.41) is 3.24. The normalized spacial score (nSPS) is 10.7. The Balaban J connectivity index is 2.03. The van der Waals surface area contributed by atoms with Gasteiger partial charge in [-0.1, -0.05) is 0 Å². The summed E-state index contributed by atoms with van der Waals surface area (Å²) >= 11 is 0. The fraction of sp³-hybridized carbons (Fsp3) is 0.154. The van der Waals surface area contributed by atoms with Crippen molar-refractivity contribution in [3.63, 3.8) is 0 Å². The Morgan fingerprint density at radius 3 is 2.90 bits per heavy atom. The van der Waals surface area contributed by atoms with Crippen LogP contribution in [-0.2, 0) is 0 Å². The van der Waals surface area contributed by atoms with Crippen LogP contribution in [0.2, 0.25) is 0 Å². The number of anilines is 3. The number of H-pyrrole nitrogens is 1. The van der Waals surface area contributed by atoms with E-state index in [4.69, 9.17) is 10.5 Å². The molecule has 0 fully saturated rings. The molecule has 2 heterocycles. The van der Waals surface area contributed by atoms with Crippen molar-refractivity contribution in [1.82, 2.24) is 19.9 Å². The molecule has 4 N–H and O–H groups in total. The van der Waals surface area contributed by atoms with Gasteiger partial charge < -0.3 is 20.8 Å². The lowest BCUT2D eigenvalue weighted by Crippen LogP contribution is -2.02. The van der Waals surface area contributed by atoms with Crippen LogP contribution in [0.1, 0.15) is 5.56 Å². The zero-order chi connectivity index (χ0) is 14.1. The van der Waals surface area contributed by atoms with E-state index >= 15 is 0 Å². The summed E-state index contributed by atoms with van der Waals surface area (Å²) in [6.07, 6.45) is 1.56. The quantitative estimate of drug-likeness (QED) is 0.672.